The van der Waals surface area contributed by atoms with Gasteiger partial charge in [0.25, 0.3) is 0 Å². The van der Waals surface area contributed by atoms with Crippen molar-refractivity contribution in [3.63, 3.8) is 0 Å². The van der Waals surface area contributed by atoms with Gasteiger partial charge in [0, 0.05) is 12.1 Å². The molecular formula is C16H15BrF2N2O3. The average Bonchev–Trinajstić information content (AvgIpc) is 2.92. The minimum atomic E-state index is -2.97. The van der Waals surface area contributed by atoms with Gasteiger partial charge in [0.05, 0.1) is 23.5 Å². The topological polar surface area (TPSA) is 53.4 Å². The first-order valence-corrected chi connectivity index (χ1v) is 7.82. The van der Waals surface area contributed by atoms with Crippen LogP contribution >= 0.6 is 15.9 Å². The molecule has 128 valence electrons. The zero-order valence-corrected chi connectivity index (χ0v) is 14.6. The van der Waals surface area contributed by atoms with E-state index in [1.807, 2.05) is 6.92 Å². The van der Waals surface area contributed by atoms with E-state index in [1.54, 1.807) is 17.0 Å². The van der Waals surface area contributed by atoms with Crippen LogP contribution in [0.2, 0.25) is 0 Å². The largest absolute Gasteiger partial charge is 0.493 e. The molecule has 0 spiro atoms. The van der Waals surface area contributed by atoms with Crippen LogP contribution in [0.1, 0.15) is 23.0 Å². The minimum absolute atomic E-state index is 0.0642. The van der Waals surface area contributed by atoms with Crippen LogP contribution in [0, 0.1) is 0 Å². The van der Waals surface area contributed by atoms with E-state index in [2.05, 4.69) is 25.8 Å². The third kappa shape index (κ3) is 4.19. The summed E-state index contributed by atoms with van der Waals surface area (Å²) in [7, 11) is 1.31. The summed E-state index contributed by atoms with van der Waals surface area (Å²) in [5.41, 5.74) is 1.05. The van der Waals surface area contributed by atoms with E-state index < -0.39 is 6.61 Å². The highest BCUT2D eigenvalue weighted by molar-refractivity contribution is 9.10. The van der Waals surface area contributed by atoms with Gasteiger partial charge in [-0.1, -0.05) is 0 Å². The molecule has 0 saturated carbocycles. The molecule has 2 rings (SSSR count). The predicted octanol–water partition coefficient (Wildman–Crippen LogP) is 4.17. The summed E-state index contributed by atoms with van der Waals surface area (Å²) in [5.74, 6) is -0.359. The summed E-state index contributed by atoms with van der Waals surface area (Å²) in [4.78, 5) is 12.3. The van der Waals surface area contributed by atoms with E-state index in [9.17, 15) is 13.6 Å². The Morgan fingerprint density at radius 3 is 2.79 bits per heavy atom. The molecule has 0 unspecified atom stereocenters. The molecule has 0 bridgehead atoms. The summed E-state index contributed by atoms with van der Waals surface area (Å²) in [6.07, 6.45) is 4.67. The van der Waals surface area contributed by atoms with Gasteiger partial charge < -0.3 is 9.47 Å². The molecule has 8 heteroatoms. The highest BCUT2D eigenvalue weighted by Gasteiger charge is 2.13. The Balaban J connectivity index is 2.23. The maximum atomic E-state index is 12.3. The number of methoxy groups -OCH3 is 1. The molecule has 0 amide bonds. The molecule has 0 radical (unpaired) electrons. The second-order valence-electron chi connectivity index (χ2n) is 4.64. The molecule has 0 atom stereocenters. The number of nitrogens with zero attached hydrogens (tertiary/aromatic N) is 2. The van der Waals surface area contributed by atoms with Gasteiger partial charge in [0.2, 0.25) is 0 Å². The van der Waals surface area contributed by atoms with Gasteiger partial charge in [-0.15, -0.1) is 0 Å². The SMILES string of the molecule is CCn1ncc(Br)c1/C=C/C(=O)c1ccc(OC(F)F)c(OC)c1. The first-order valence-electron chi connectivity index (χ1n) is 7.02. The predicted molar refractivity (Wildman–Crippen MR) is 88.6 cm³/mol. The molecule has 0 aliphatic heterocycles. The van der Waals surface area contributed by atoms with E-state index >= 15 is 0 Å². The van der Waals surface area contributed by atoms with Gasteiger partial charge in [0.15, 0.2) is 17.3 Å². The number of rotatable bonds is 7. The lowest BCUT2D eigenvalue weighted by atomic mass is 10.1. The normalized spacial score (nSPS) is 11.2. The number of alkyl halides is 2. The van der Waals surface area contributed by atoms with Crippen molar-refractivity contribution >= 4 is 27.8 Å². The molecule has 24 heavy (non-hydrogen) atoms. The van der Waals surface area contributed by atoms with Crippen molar-refractivity contribution in [2.24, 2.45) is 0 Å². The first-order chi connectivity index (χ1) is 11.5. The molecule has 0 aliphatic rings. The van der Waals surface area contributed by atoms with Crippen LogP contribution in [0.5, 0.6) is 11.5 Å². The average molecular weight is 401 g/mol. The summed E-state index contributed by atoms with van der Waals surface area (Å²) in [6, 6.07) is 4.04. The quantitative estimate of drug-likeness (QED) is 0.516. The maximum Gasteiger partial charge on any atom is 0.387 e. The Labute approximate surface area is 146 Å². The molecular weight excluding hydrogens is 386 g/mol. The number of hydrogen-bond acceptors (Lipinski definition) is 4. The lowest BCUT2D eigenvalue weighted by Gasteiger charge is -2.10. The number of ketones is 1. The van der Waals surface area contributed by atoms with Crippen LogP contribution in [0.3, 0.4) is 0 Å². The van der Waals surface area contributed by atoms with E-state index in [0.717, 1.165) is 10.2 Å². The Bertz CT molecular complexity index is 760. The monoisotopic (exact) mass is 400 g/mol. The summed E-state index contributed by atoms with van der Waals surface area (Å²) in [5, 5.41) is 4.15. The smallest absolute Gasteiger partial charge is 0.387 e. The fourth-order valence-electron chi connectivity index (χ4n) is 2.05. The lowest BCUT2D eigenvalue weighted by Crippen LogP contribution is -2.04. The summed E-state index contributed by atoms with van der Waals surface area (Å²) in [6.45, 7) is -0.370. The number of aryl methyl sites for hydroxylation is 1. The first kappa shape index (κ1) is 18.1. The van der Waals surface area contributed by atoms with Crippen molar-refractivity contribution in [2.45, 2.75) is 20.1 Å². The van der Waals surface area contributed by atoms with Crippen LogP contribution in [0.25, 0.3) is 6.08 Å². The van der Waals surface area contributed by atoms with Gasteiger partial charge >= 0.3 is 6.61 Å². The Morgan fingerprint density at radius 1 is 1.42 bits per heavy atom. The van der Waals surface area contributed by atoms with Crippen LogP contribution in [-0.2, 0) is 6.54 Å². The van der Waals surface area contributed by atoms with Crippen LogP contribution < -0.4 is 9.47 Å². The van der Waals surface area contributed by atoms with Crippen molar-refractivity contribution in [1.82, 2.24) is 9.78 Å². The lowest BCUT2D eigenvalue weighted by molar-refractivity contribution is -0.0512. The number of halogens is 3. The zero-order chi connectivity index (χ0) is 17.7. The van der Waals surface area contributed by atoms with Crippen molar-refractivity contribution in [3.8, 4) is 11.5 Å². The number of aromatic nitrogens is 2. The van der Waals surface area contributed by atoms with E-state index in [1.165, 1.54) is 31.4 Å². The molecule has 5 nitrogen and oxygen atoms in total. The number of carbonyl (C=O) groups is 1. The van der Waals surface area contributed by atoms with Gasteiger partial charge in [0.1, 0.15) is 0 Å². The van der Waals surface area contributed by atoms with Crippen molar-refractivity contribution < 1.29 is 23.0 Å². The van der Waals surface area contributed by atoms with Gasteiger partial charge in [-0.3, -0.25) is 9.48 Å². The third-order valence-corrected chi connectivity index (χ3v) is 3.80. The highest BCUT2D eigenvalue weighted by Crippen LogP contribution is 2.29. The number of hydrogen-bond donors (Lipinski definition) is 0. The molecule has 0 fully saturated rings. The van der Waals surface area contributed by atoms with Gasteiger partial charge in [-0.25, -0.2) is 0 Å². The molecule has 0 aliphatic carbocycles. The molecule has 1 aromatic carbocycles. The maximum absolute atomic E-state index is 12.3. The van der Waals surface area contributed by atoms with Crippen LogP contribution in [-0.4, -0.2) is 29.3 Å². The Hall–Kier alpha value is -2.22. The number of benzene rings is 1. The number of carbonyl (C=O) groups excluding carboxylic acids is 1. The number of allylic oxidation sites excluding steroid dienone is 1. The minimum Gasteiger partial charge on any atom is -0.493 e. The van der Waals surface area contributed by atoms with Crippen LogP contribution in [0.15, 0.2) is 34.9 Å². The fraction of sp³-hybridized carbons (Fsp3) is 0.250. The molecule has 0 saturated heterocycles. The standard InChI is InChI=1S/C16H15BrF2N2O3/c1-3-21-12(11(17)9-20-21)5-6-13(22)10-4-7-14(24-16(18)19)15(8-10)23-2/h4-9,16H,3H2,1-2H3/b6-5+. The molecule has 0 N–H and O–H groups in total. The van der Waals surface area contributed by atoms with Crippen molar-refractivity contribution in [3.05, 3.63) is 46.2 Å². The third-order valence-electron chi connectivity index (χ3n) is 3.19. The molecule has 1 aromatic heterocycles. The second-order valence-corrected chi connectivity index (χ2v) is 5.49. The Morgan fingerprint density at radius 2 is 2.17 bits per heavy atom. The van der Waals surface area contributed by atoms with Crippen LogP contribution in [0.4, 0.5) is 8.78 Å². The van der Waals surface area contributed by atoms with Gasteiger partial charge in [-0.2, -0.15) is 13.9 Å². The van der Waals surface area contributed by atoms with E-state index in [0.29, 0.717) is 12.1 Å². The molecule has 1 heterocycles. The highest BCUT2D eigenvalue weighted by atomic mass is 79.9. The summed E-state index contributed by atoms with van der Waals surface area (Å²) >= 11 is 3.37. The van der Waals surface area contributed by atoms with E-state index in [4.69, 9.17) is 4.74 Å². The van der Waals surface area contributed by atoms with Crippen molar-refractivity contribution in [2.75, 3.05) is 7.11 Å². The number of ether oxygens (including phenoxy) is 2. The van der Waals surface area contributed by atoms with Gasteiger partial charge in [-0.05, 0) is 53.2 Å². The van der Waals surface area contributed by atoms with E-state index in [-0.39, 0.29) is 17.3 Å². The molecule has 2 aromatic rings. The summed E-state index contributed by atoms with van der Waals surface area (Å²) < 4.78 is 36.4. The van der Waals surface area contributed by atoms with Crippen molar-refractivity contribution in [1.29, 1.82) is 0 Å². The zero-order valence-electron chi connectivity index (χ0n) is 13.0. The Kier molecular flexibility index (Phi) is 6.08. The fourth-order valence-corrected chi connectivity index (χ4v) is 2.48. The second kappa shape index (κ2) is 8.05.